The Balaban J connectivity index is 0.000000195. The zero-order valence-corrected chi connectivity index (χ0v) is 10.0. The van der Waals surface area contributed by atoms with Gasteiger partial charge in [-0.05, 0) is 10.8 Å². The minimum Gasteiger partial charge on any atom is -0.0616 e. The smallest absolute Gasteiger partial charge is 0.0184 e. The monoisotopic (exact) mass is 292 g/mol. The molecule has 2 rings (SSSR count). The third-order valence-corrected chi connectivity index (χ3v) is 2.55. The van der Waals surface area contributed by atoms with Crippen molar-refractivity contribution in [2.24, 2.45) is 0 Å². The number of Topliss-reactive ketones (excluding diaryl/α,β-unsaturated/α-hetero) is 1. The van der Waals surface area contributed by atoms with Crippen LogP contribution in [0.15, 0.2) is 48.5 Å². The van der Waals surface area contributed by atoms with Gasteiger partial charge in [-0.2, -0.15) is 0 Å². The Kier molecular flexibility index (Phi) is 5.33. The Labute approximate surface area is 102 Å². The van der Waals surface area contributed by atoms with E-state index in [9.17, 15) is 4.79 Å². The van der Waals surface area contributed by atoms with E-state index in [2.05, 4.69) is 69.6 Å². The first-order valence-electron chi connectivity index (χ1n) is 4.68. The van der Waals surface area contributed by atoms with E-state index in [-0.39, 0.29) is 5.78 Å². The van der Waals surface area contributed by atoms with Gasteiger partial charge in [0.15, 0.2) is 0 Å². The molecule has 0 amide bonds. The summed E-state index contributed by atoms with van der Waals surface area (Å²) in [5.74, 6) is 0.170. The van der Waals surface area contributed by atoms with Crippen LogP contribution in [0.1, 0.15) is 6.92 Å². The van der Waals surface area contributed by atoms with Gasteiger partial charge < -0.3 is 0 Å². The first-order chi connectivity index (χ1) is 7.24. The maximum atomic E-state index is 9.76. The van der Waals surface area contributed by atoms with Gasteiger partial charge in [-0.25, -0.2) is 0 Å². The Morgan fingerprint density at radius 3 is 1.47 bits per heavy atom. The Morgan fingerprint density at radius 2 is 1.27 bits per heavy atom. The molecule has 0 aromatic heterocycles. The number of benzene rings is 2. The average molecular weight is 293 g/mol. The number of carbonyl (C=O) groups is 1. The summed E-state index contributed by atoms with van der Waals surface area (Å²) in [5.41, 5.74) is 0. The van der Waals surface area contributed by atoms with Crippen LogP contribution in [0.25, 0.3) is 10.8 Å². The van der Waals surface area contributed by atoms with Crippen LogP contribution >= 0.6 is 0 Å². The zero-order valence-electron chi connectivity index (χ0n) is 8.54. The fourth-order valence-corrected chi connectivity index (χ4v) is 1.13. The van der Waals surface area contributed by atoms with Crippen molar-refractivity contribution in [3.8, 4) is 0 Å². The predicted octanol–water partition coefficient (Wildman–Crippen LogP) is 3.38. The van der Waals surface area contributed by atoms with Crippen LogP contribution in [0.4, 0.5) is 0 Å². The number of carbonyl (C=O) groups excluding carboxylic acids is 1. The molecule has 0 fully saturated rings. The SMILES string of the molecule is CC(=O)[CH2][Ag].c1ccc2ccccc2c1. The minimum absolute atomic E-state index is 0.170. The Hall–Kier alpha value is -0.890. The number of hydrogen-bond donors (Lipinski definition) is 0. The molecule has 0 radical (unpaired) electrons. The molecular weight excluding hydrogens is 280 g/mol. The molecule has 2 aromatic rings. The van der Waals surface area contributed by atoms with E-state index in [1.165, 1.54) is 17.7 Å². The summed E-state index contributed by atoms with van der Waals surface area (Å²) >= 11 is 2.98. The summed E-state index contributed by atoms with van der Waals surface area (Å²) < 4.78 is 0.477. The fraction of sp³-hybridized carbons (Fsp3) is 0.154. The molecule has 0 saturated heterocycles. The van der Waals surface area contributed by atoms with Crippen LogP contribution in [0.2, 0.25) is 4.64 Å². The van der Waals surface area contributed by atoms with E-state index in [1.807, 2.05) is 0 Å². The van der Waals surface area contributed by atoms with Crippen LogP contribution in [0.3, 0.4) is 0 Å². The van der Waals surface area contributed by atoms with Gasteiger partial charge in [-0.1, -0.05) is 48.5 Å². The average Bonchev–Trinajstić information content (AvgIpc) is 2.30. The maximum Gasteiger partial charge on any atom is -0.0184 e. The second-order valence-electron chi connectivity index (χ2n) is 3.16. The summed E-state index contributed by atoms with van der Waals surface area (Å²) in [5, 5.41) is 2.62. The molecule has 0 heterocycles. The summed E-state index contributed by atoms with van der Waals surface area (Å²) in [6.07, 6.45) is 0. The topological polar surface area (TPSA) is 17.1 Å². The second-order valence-corrected chi connectivity index (χ2v) is 3.68. The van der Waals surface area contributed by atoms with Crippen molar-refractivity contribution in [2.45, 2.75) is 11.6 Å². The van der Waals surface area contributed by atoms with Gasteiger partial charge in [0.2, 0.25) is 0 Å². The number of hydrogen-bond acceptors (Lipinski definition) is 1. The van der Waals surface area contributed by atoms with Gasteiger partial charge in [0, 0.05) is 0 Å². The van der Waals surface area contributed by atoms with E-state index in [1.54, 1.807) is 0 Å². The van der Waals surface area contributed by atoms with Gasteiger partial charge in [0.1, 0.15) is 0 Å². The third-order valence-electron chi connectivity index (χ3n) is 1.81. The first-order valence-corrected chi connectivity index (χ1v) is 5.72. The van der Waals surface area contributed by atoms with E-state index >= 15 is 0 Å². The van der Waals surface area contributed by atoms with Crippen LogP contribution in [-0.4, -0.2) is 5.78 Å². The van der Waals surface area contributed by atoms with Crippen molar-refractivity contribution in [1.82, 2.24) is 0 Å². The molecule has 82 valence electrons. The second kappa shape index (κ2) is 6.57. The molecule has 0 aliphatic rings. The quantitative estimate of drug-likeness (QED) is 0.737. The van der Waals surface area contributed by atoms with E-state index < -0.39 is 0 Å². The molecular formula is C13H13AgO. The number of rotatable bonds is 1. The van der Waals surface area contributed by atoms with Crippen LogP contribution < -0.4 is 0 Å². The molecule has 0 saturated carbocycles. The molecule has 0 aliphatic heterocycles. The molecule has 2 heteroatoms. The fourth-order valence-electron chi connectivity index (χ4n) is 1.13. The molecule has 2 aromatic carbocycles. The van der Waals surface area contributed by atoms with E-state index in [0.717, 1.165) is 0 Å². The van der Waals surface area contributed by atoms with Crippen molar-refractivity contribution < 1.29 is 25.9 Å². The predicted molar refractivity (Wildman–Crippen MR) is 59.4 cm³/mol. The summed E-state index contributed by atoms with van der Waals surface area (Å²) in [4.78, 5) is 9.76. The van der Waals surface area contributed by atoms with E-state index in [4.69, 9.17) is 0 Å². The van der Waals surface area contributed by atoms with Crippen LogP contribution in [0, 0.1) is 0 Å². The van der Waals surface area contributed by atoms with Crippen molar-refractivity contribution in [3.05, 3.63) is 48.5 Å². The molecule has 1 nitrogen and oxygen atoms in total. The molecule has 0 spiro atoms. The molecule has 0 aliphatic carbocycles. The van der Waals surface area contributed by atoms with E-state index in [0.29, 0.717) is 4.64 Å². The van der Waals surface area contributed by atoms with Crippen molar-refractivity contribution >= 4 is 16.6 Å². The first kappa shape index (κ1) is 12.2. The Morgan fingerprint density at radius 1 is 1.00 bits per heavy atom. The number of fused-ring (bicyclic) bond motifs is 1. The van der Waals surface area contributed by atoms with Gasteiger partial charge >= 0.3 is 43.2 Å². The third kappa shape index (κ3) is 4.43. The van der Waals surface area contributed by atoms with Crippen LogP contribution in [-0.2, 0) is 25.9 Å². The molecule has 0 atom stereocenters. The van der Waals surface area contributed by atoms with Crippen molar-refractivity contribution in [1.29, 1.82) is 0 Å². The van der Waals surface area contributed by atoms with Gasteiger partial charge in [0.25, 0.3) is 0 Å². The normalized spacial score (nSPS) is 9.27. The largest absolute Gasteiger partial charge is 0.0616 e. The number of ketones is 1. The Bertz CT molecular complexity index is 372. The summed E-state index contributed by atoms with van der Waals surface area (Å²) in [7, 11) is 0. The standard InChI is InChI=1S/C10H8.C3H5O.Ag/c1-2-6-10-8-4-3-7-9(10)5-1;1-3(2)4;/h1-8H;1H2,2H3;. The molecule has 15 heavy (non-hydrogen) atoms. The van der Waals surface area contributed by atoms with Crippen LogP contribution in [0.5, 0.6) is 0 Å². The zero-order chi connectivity index (χ0) is 11.1. The van der Waals surface area contributed by atoms with Crippen molar-refractivity contribution in [3.63, 3.8) is 0 Å². The van der Waals surface area contributed by atoms with Gasteiger partial charge in [-0.3, -0.25) is 0 Å². The molecule has 0 bridgehead atoms. The van der Waals surface area contributed by atoms with Gasteiger partial charge in [-0.15, -0.1) is 0 Å². The van der Waals surface area contributed by atoms with Crippen molar-refractivity contribution in [2.75, 3.05) is 0 Å². The van der Waals surface area contributed by atoms with Gasteiger partial charge in [0.05, 0.1) is 0 Å². The summed E-state index contributed by atoms with van der Waals surface area (Å²) in [6.45, 7) is 1.54. The molecule has 0 unspecified atom stereocenters. The maximum absolute atomic E-state index is 9.76. The summed E-state index contributed by atoms with van der Waals surface area (Å²) in [6, 6.07) is 16.7. The minimum atomic E-state index is 0.170. The molecule has 0 N–H and O–H groups in total.